The summed E-state index contributed by atoms with van der Waals surface area (Å²) in [6.45, 7) is 1.41. The molecule has 1 aromatic heterocycles. The number of nitrogens with one attached hydrogen (secondary N) is 1. The number of benzene rings is 1. The Hall–Kier alpha value is -1.88. The summed E-state index contributed by atoms with van der Waals surface area (Å²) in [5.74, 6) is 2.30. The van der Waals surface area contributed by atoms with Crippen molar-refractivity contribution in [2.24, 2.45) is 0 Å². The topological polar surface area (TPSA) is 60.2 Å². The second-order valence-corrected chi connectivity index (χ2v) is 4.29. The van der Waals surface area contributed by atoms with Crippen molar-refractivity contribution in [3.63, 3.8) is 0 Å². The van der Waals surface area contributed by atoms with Gasteiger partial charge in [-0.25, -0.2) is 0 Å². The van der Waals surface area contributed by atoms with Crippen LogP contribution in [-0.4, -0.2) is 30.4 Å². The Morgan fingerprint density at radius 2 is 2.22 bits per heavy atom. The first-order chi connectivity index (χ1) is 8.88. The van der Waals surface area contributed by atoms with E-state index in [0.29, 0.717) is 18.4 Å². The average molecular weight is 245 g/mol. The highest BCUT2D eigenvalue weighted by atomic mass is 16.5. The fourth-order valence-electron chi connectivity index (χ4n) is 2.11. The molecule has 0 saturated heterocycles. The number of hydrogen-bond acceptors (Lipinski definition) is 5. The number of rotatable bonds is 4. The van der Waals surface area contributed by atoms with Crippen LogP contribution in [0.1, 0.15) is 23.3 Å². The lowest BCUT2D eigenvalue weighted by atomic mass is 10.0. The van der Waals surface area contributed by atoms with Crippen molar-refractivity contribution in [3.8, 4) is 5.75 Å². The van der Waals surface area contributed by atoms with Gasteiger partial charge >= 0.3 is 0 Å². The van der Waals surface area contributed by atoms with E-state index >= 15 is 0 Å². The highest BCUT2D eigenvalue weighted by molar-refractivity contribution is 5.42. The monoisotopic (exact) mass is 245 g/mol. The van der Waals surface area contributed by atoms with Crippen LogP contribution in [0.4, 0.5) is 0 Å². The maximum absolute atomic E-state index is 5.68. The maximum Gasteiger partial charge on any atom is 0.227 e. The molecule has 1 aromatic carbocycles. The van der Waals surface area contributed by atoms with E-state index in [1.54, 1.807) is 0 Å². The molecule has 2 heterocycles. The molecule has 0 spiro atoms. The van der Waals surface area contributed by atoms with Crippen molar-refractivity contribution >= 4 is 0 Å². The summed E-state index contributed by atoms with van der Waals surface area (Å²) in [5.41, 5.74) is 1.13. The maximum atomic E-state index is 5.68. The van der Waals surface area contributed by atoms with Crippen LogP contribution in [0.2, 0.25) is 0 Å². The first kappa shape index (κ1) is 11.2. The van der Waals surface area contributed by atoms with Crippen molar-refractivity contribution in [2.45, 2.75) is 12.3 Å². The van der Waals surface area contributed by atoms with Crippen molar-refractivity contribution < 1.29 is 9.15 Å². The van der Waals surface area contributed by atoms with Gasteiger partial charge in [0.2, 0.25) is 11.8 Å². The summed E-state index contributed by atoms with van der Waals surface area (Å²) < 4.78 is 11.3. The summed E-state index contributed by atoms with van der Waals surface area (Å²) in [5, 5.41) is 11.2. The van der Waals surface area contributed by atoms with Gasteiger partial charge in [-0.15, -0.1) is 10.2 Å². The number of fused-ring (bicyclic) bond motifs is 1. The fraction of sp³-hybridized carbons (Fsp3) is 0.385. The van der Waals surface area contributed by atoms with E-state index in [-0.39, 0.29) is 5.92 Å². The molecule has 1 aliphatic rings. The quantitative estimate of drug-likeness (QED) is 0.881. The van der Waals surface area contributed by atoms with Crippen LogP contribution >= 0.6 is 0 Å². The highest BCUT2D eigenvalue weighted by Crippen LogP contribution is 2.37. The van der Waals surface area contributed by atoms with Crippen LogP contribution < -0.4 is 10.1 Å². The summed E-state index contributed by atoms with van der Waals surface area (Å²) in [4.78, 5) is 0. The van der Waals surface area contributed by atoms with Crippen LogP contribution in [0.15, 0.2) is 28.7 Å². The third-order valence-electron chi connectivity index (χ3n) is 3.07. The minimum atomic E-state index is 0.0667. The Balaban J connectivity index is 1.82. The lowest BCUT2D eigenvalue weighted by Gasteiger charge is -2.01. The molecule has 1 atom stereocenters. The van der Waals surface area contributed by atoms with Crippen LogP contribution in [0.25, 0.3) is 0 Å². The predicted molar refractivity (Wildman–Crippen MR) is 65.7 cm³/mol. The van der Waals surface area contributed by atoms with Crippen LogP contribution in [0, 0.1) is 0 Å². The summed E-state index contributed by atoms with van der Waals surface area (Å²) in [6.07, 6.45) is 0.749. The lowest BCUT2D eigenvalue weighted by Crippen LogP contribution is -2.10. The molecular weight excluding hydrogens is 230 g/mol. The summed E-state index contributed by atoms with van der Waals surface area (Å²) in [7, 11) is 1.90. The molecule has 0 amide bonds. The molecule has 2 aromatic rings. The average Bonchev–Trinajstić information content (AvgIpc) is 3.02. The van der Waals surface area contributed by atoms with E-state index in [0.717, 1.165) is 24.3 Å². The second kappa shape index (κ2) is 4.78. The van der Waals surface area contributed by atoms with Crippen LogP contribution in [0.5, 0.6) is 5.75 Å². The zero-order valence-corrected chi connectivity index (χ0v) is 10.2. The van der Waals surface area contributed by atoms with Crippen LogP contribution in [-0.2, 0) is 6.42 Å². The summed E-state index contributed by atoms with van der Waals surface area (Å²) in [6, 6.07) is 7.98. The Kier molecular flexibility index (Phi) is 2.98. The SMILES string of the molecule is CNCCc1nnc(C2COc3ccccc32)o1. The number of nitrogens with zero attached hydrogens (tertiary/aromatic N) is 2. The van der Waals surface area contributed by atoms with Crippen LogP contribution in [0.3, 0.4) is 0 Å². The molecular formula is C13H15N3O2. The largest absolute Gasteiger partial charge is 0.492 e. The molecule has 0 radical (unpaired) electrons. The van der Waals surface area contributed by atoms with Gasteiger partial charge in [0.15, 0.2) is 0 Å². The van der Waals surface area contributed by atoms with Gasteiger partial charge in [-0.05, 0) is 13.1 Å². The Morgan fingerprint density at radius 3 is 3.11 bits per heavy atom. The number of para-hydroxylation sites is 1. The van der Waals surface area contributed by atoms with Crippen molar-refractivity contribution in [1.29, 1.82) is 0 Å². The lowest BCUT2D eigenvalue weighted by molar-refractivity contribution is 0.321. The van der Waals surface area contributed by atoms with Gasteiger partial charge in [0.25, 0.3) is 0 Å². The van der Waals surface area contributed by atoms with E-state index in [1.807, 2.05) is 31.3 Å². The smallest absolute Gasteiger partial charge is 0.227 e. The molecule has 5 nitrogen and oxygen atoms in total. The molecule has 0 fully saturated rings. The van der Waals surface area contributed by atoms with E-state index in [9.17, 15) is 0 Å². The Bertz CT molecular complexity index is 539. The fourth-order valence-corrected chi connectivity index (χ4v) is 2.11. The van der Waals surface area contributed by atoms with Gasteiger partial charge in [0.05, 0.1) is 5.92 Å². The van der Waals surface area contributed by atoms with Gasteiger partial charge in [-0.1, -0.05) is 18.2 Å². The van der Waals surface area contributed by atoms with Gasteiger partial charge < -0.3 is 14.5 Å². The van der Waals surface area contributed by atoms with E-state index in [1.165, 1.54) is 0 Å². The number of likely N-dealkylation sites (N-methyl/N-ethyl adjacent to an activating group) is 1. The Labute approximate surface area is 105 Å². The highest BCUT2D eigenvalue weighted by Gasteiger charge is 2.29. The molecule has 0 saturated carbocycles. The van der Waals surface area contributed by atoms with E-state index in [2.05, 4.69) is 15.5 Å². The molecule has 18 heavy (non-hydrogen) atoms. The normalized spacial score (nSPS) is 17.5. The third kappa shape index (κ3) is 1.97. The summed E-state index contributed by atoms with van der Waals surface area (Å²) >= 11 is 0. The minimum Gasteiger partial charge on any atom is -0.492 e. The zero-order valence-electron chi connectivity index (χ0n) is 10.2. The molecule has 1 N–H and O–H groups in total. The van der Waals surface area contributed by atoms with Gasteiger partial charge in [0, 0.05) is 18.5 Å². The molecule has 1 unspecified atom stereocenters. The number of hydrogen-bond donors (Lipinski definition) is 1. The first-order valence-electron chi connectivity index (χ1n) is 6.07. The van der Waals surface area contributed by atoms with Crippen molar-refractivity contribution in [1.82, 2.24) is 15.5 Å². The molecule has 5 heteroatoms. The third-order valence-corrected chi connectivity index (χ3v) is 3.07. The van der Waals surface area contributed by atoms with Gasteiger partial charge in [-0.2, -0.15) is 0 Å². The zero-order chi connectivity index (χ0) is 12.4. The first-order valence-corrected chi connectivity index (χ1v) is 6.07. The van der Waals surface area contributed by atoms with Gasteiger partial charge in [0.1, 0.15) is 12.4 Å². The molecule has 1 aliphatic heterocycles. The Morgan fingerprint density at radius 1 is 1.33 bits per heavy atom. The van der Waals surface area contributed by atoms with Gasteiger partial charge in [-0.3, -0.25) is 0 Å². The van der Waals surface area contributed by atoms with E-state index in [4.69, 9.17) is 9.15 Å². The molecule has 0 bridgehead atoms. The van der Waals surface area contributed by atoms with E-state index < -0.39 is 0 Å². The molecule has 0 aliphatic carbocycles. The standard InChI is InChI=1S/C13H15N3O2/c1-14-7-6-12-15-16-13(18-12)10-8-17-11-5-3-2-4-9(10)11/h2-5,10,14H,6-8H2,1H3. The minimum absolute atomic E-state index is 0.0667. The van der Waals surface area contributed by atoms with Crippen molar-refractivity contribution in [2.75, 3.05) is 20.2 Å². The number of aromatic nitrogens is 2. The second-order valence-electron chi connectivity index (χ2n) is 4.29. The predicted octanol–water partition coefficient (Wildman–Crippen LogP) is 1.36. The molecule has 3 rings (SSSR count). The molecule has 94 valence electrons. The van der Waals surface area contributed by atoms with Crippen molar-refractivity contribution in [3.05, 3.63) is 41.6 Å². The number of ether oxygens (including phenoxy) is 1.